The van der Waals surface area contributed by atoms with Crippen molar-refractivity contribution < 1.29 is 0 Å². The quantitative estimate of drug-likeness (QED) is 0.719. The molecule has 2 atom stereocenters. The minimum atomic E-state index is 0.582. The van der Waals surface area contributed by atoms with Crippen LogP contribution >= 0.6 is 0 Å². The second-order valence-corrected chi connectivity index (χ2v) is 4.51. The van der Waals surface area contributed by atoms with Crippen LogP contribution in [0.4, 0.5) is 0 Å². The molecule has 0 bridgehead atoms. The molecule has 1 rings (SSSR count). The van der Waals surface area contributed by atoms with E-state index < -0.39 is 0 Å². The van der Waals surface area contributed by atoms with Crippen LogP contribution in [0.15, 0.2) is 0 Å². The fourth-order valence-corrected chi connectivity index (χ4v) is 2.03. The van der Waals surface area contributed by atoms with Crippen molar-refractivity contribution in [2.75, 3.05) is 40.3 Å². The van der Waals surface area contributed by atoms with Gasteiger partial charge in [0.05, 0.1) is 0 Å². The molecule has 0 aromatic carbocycles. The summed E-state index contributed by atoms with van der Waals surface area (Å²) in [5.74, 6) is 0. The van der Waals surface area contributed by atoms with Gasteiger partial charge in [-0.2, -0.15) is 0 Å². The first kappa shape index (κ1) is 12.0. The number of hydrogen-bond acceptors (Lipinski definition) is 3. The Hall–Kier alpha value is -0.120. The van der Waals surface area contributed by atoms with Crippen LogP contribution in [0, 0.1) is 0 Å². The van der Waals surface area contributed by atoms with Gasteiger partial charge in [0.15, 0.2) is 0 Å². The molecular formula is C11H25N3. The van der Waals surface area contributed by atoms with Crippen molar-refractivity contribution in [1.29, 1.82) is 0 Å². The van der Waals surface area contributed by atoms with Gasteiger partial charge in [-0.1, -0.05) is 0 Å². The van der Waals surface area contributed by atoms with Crippen LogP contribution in [0.3, 0.4) is 0 Å². The monoisotopic (exact) mass is 199 g/mol. The summed E-state index contributed by atoms with van der Waals surface area (Å²) in [6, 6.07) is 1.23. The molecule has 1 aliphatic heterocycles. The van der Waals surface area contributed by atoms with Gasteiger partial charge in [0.2, 0.25) is 0 Å². The molecule has 1 heterocycles. The Morgan fingerprint density at radius 3 is 2.43 bits per heavy atom. The average Bonchev–Trinajstić information content (AvgIpc) is 2.40. The molecule has 84 valence electrons. The molecule has 2 unspecified atom stereocenters. The van der Waals surface area contributed by atoms with E-state index in [1.165, 1.54) is 32.6 Å². The highest BCUT2D eigenvalue weighted by atomic mass is 15.2. The minimum absolute atomic E-state index is 0.582. The summed E-state index contributed by atoms with van der Waals surface area (Å²) < 4.78 is 0. The summed E-state index contributed by atoms with van der Waals surface area (Å²) in [7, 11) is 4.26. The van der Waals surface area contributed by atoms with E-state index in [1.807, 2.05) is 7.05 Å². The van der Waals surface area contributed by atoms with E-state index in [-0.39, 0.29) is 0 Å². The van der Waals surface area contributed by atoms with E-state index >= 15 is 0 Å². The van der Waals surface area contributed by atoms with Crippen molar-refractivity contribution >= 4 is 0 Å². The van der Waals surface area contributed by atoms with Gasteiger partial charge >= 0.3 is 0 Å². The smallest absolute Gasteiger partial charge is 0.0218 e. The maximum absolute atomic E-state index is 3.34. The molecule has 3 nitrogen and oxygen atoms in total. The highest BCUT2D eigenvalue weighted by Gasteiger charge is 2.20. The molecule has 0 amide bonds. The normalized spacial score (nSPS) is 25.7. The zero-order valence-corrected chi connectivity index (χ0v) is 10.1. The summed E-state index contributed by atoms with van der Waals surface area (Å²) in [5, 5.41) is 3.34. The molecule has 1 aliphatic rings. The predicted octanol–water partition coefficient (Wildman–Crippen LogP) is 0.620. The van der Waals surface area contributed by atoms with Crippen LogP contribution in [-0.4, -0.2) is 62.2 Å². The predicted molar refractivity (Wildman–Crippen MR) is 61.7 cm³/mol. The molecule has 0 aliphatic carbocycles. The summed E-state index contributed by atoms with van der Waals surface area (Å²) in [6.07, 6.45) is 1.30. The third-order valence-electron chi connectivity index (χ3n) is 3.51. The molecule has 14 heavy (non-hydrogen) atoms. The van der Waals surface area contributed by atoms with Crippen LogP contribution in [-0.2, 0) is 0 Å². The Morgan fingerprint density at radius 1 is 1.07 bits per heavy atom. The summed E-state index contributed by atoms with van der Waals surface area (Å²) >= 11 is 0. The summed E-state index contributed by atoms with van der Waals surface area (Å²) in [6.45, 7) is 9.50. The van der Waals surface area contributed by atoms with E-state index in [9.17, 15) is 0 Å². The lowest BCUT2D eigenvalue weighted by Crippen LogP contribution is -2.47. The number of hydrogen-bond donors (Lipinski definition) is 1. The molecule has 3 heteroatoms. The van der Waals surface area contributed by atoms with Gasteiger partial charge in [0, 0.05) is 25.2 Å². The number of nitrogens with one attached hydrogen (secondary N) is 1. The zero-order valence-electron chi connectivity index (χ0n) is 10.1. The van der Waals surface area contributed by atoms with Crippen LogP contribution < -0.4 is 5.32 Å². The molecule has 1 N–H and O–H groups in total. The molecule has 1 fully saturated rings. The highest BCUT2D eigenvalue weighted by Crippen LogP contribution is 2.08. The topological polar surface area (TPSA) is 18.5 Å². The summed E-state index contributed by atoms with van der Waals surface area (Å²) in [4.78, 5) is 5.03. The highest BCUT2D eigenvalue weighted by molar-refractivity contribution is 4.79. The fourth-order valence-electron chi connectivity index (χ4n) is 2.03. The van der Waals surface area contributed by atoms with Gasteiger partial charge < -0.3 is 10.2 Å². The lowest BCUT2D eigenvalue weighted by atomic mass is 10.1. The lowest BCUT2D eigenvalue weighted by molar-refractivity contribution is 0.184. The number of rotatable bonds is 3. The third kappa shape index (κ3) is 3.23. The first-order valence-electron chi connectivity index (χ1n) is 5.75. The van der Waals surface area contributed by atoms with Gasteiger partial charge in [-0.25, -0.2) is 0 Å². The largest absolute Gasteiger partial charge is 0.316 e. The van der Waals surface area contributed by atoms with E-state index in [2.05, 4.69) is 36.0 Å². The third-order valence-corrected chi connectivity index (χ3v) is 3.51. The van der Waals surface area contributed by atoms with Gasteiger partial charge in [-0.05, 0) is 47.5 Å². The maximum Gasteiger partial charge on any atom is 0.0218 e. The standard InChI is InChI=1S/C11H25N3/c1-10(12-3)11(2)14-7-5-6-13(4)8-9-14/h10-12H,5-9H2,1-4H3. The second-order valence-electron chi connectivity index (χ2n) is 4.51. The fraction of sp³-hybridized carbons (Fsp3) is 1.00. The van der Waals surface area contributed by atoms with Crippen LogP contribution in [0.5, 0.6) is 0 Å². The van der Waals surface area contributed by atoms with E-state index in [0.29, 0.717) is 12.1 Å². The van der Waals surface area contributed by atoms with Gasteiger partial charge in [-0.3, -0.25) is 4.90 Å². The molecule has 0 spiro atoms. The van der Waals surface area contributed by atoms with Crippen LogP contribution in [0.25, 0.3) is 0 Å². The maximum atomic E-state index is 3.34. The molecule has 0 saturated carbocycles. The Bertz CT molecular complexity index is 161. The molecule has 0 radical (unpaired) electrons. The van der Waals surface area contributed by atoms with E-state index in [0.717, 1.165) is 0 Å². The van der Waals surface area contributed by atoms with Crippen molar-refractivity contribution in [2.45, 2.75) is 32.4 Å². The van der Waals surface area contributed by atoms with Crippen molar-refractivity contribution in [1.82, 2.24) is 15.1 Å². The number of nitrogens with zero attached hydrogens (tertiary/aromatic N) is 2. The zero-order chi connectivity index (χ0) is 10.6. The van der Waals surface area contributed by atoms with Crippen LogP contribution in [0.1, 0.15) is 20.3 Å². The average molecular weight is 199 g/mol. The summed E-state index contributed by atoms with van der Waals surface area (Å²) in [5.41, 5.74) is 0. The Balaban J connectivity index is 2.42. The van der Waals surface area contributed by atoms with Crippen molar-refractivity contribution in [2.24, 2.45) is 0 Å². The first-order chi connectivity index (χ1) is 6.65. The minimum Gasteiger partial charge on any atom is -0.316 e. The molecule has 1 saturated heterocycles. The van der Waals surface area contributed by atoms with Crippen LogP contribution in [0.2, 0.25) is 0 Å². The van der Waals surface area contributed by atoms with Crippen molar-refractivity contribution in [3.63, 3.8) is 0 Å². The Kier molecular flexibility index (Phi) is 4.85. The SMILES string of the molecule is CNC(C)C(C)N1CCCN(C)CC1. The molecule has 0 aromatic rings. The van der Waals surface area contributed by atoms with E-state index in [4.69, 9.17) is 0 Å². The molecule has 0 aromatic heterocycles. The van der Waals surface area contributed by atoms with Crippen molar-refractivity contribution in [3.8, 4) is 0 Å². The Labute approximate surface area is 88.5 Å². The molecular weight excluding hydrogens is 174 g/mol. The Morgan fingerprint density at radius 2 is 1.79 bits per heavy atom. The van der Waals surface area contributed by atoms with Gasteiger partial charge in [-0.15, -0.1) is 0 Å². The van der Waals surface area contributed by atoms with Crippen molar-refractivity contribution in [3.05, 3.63) is 0 Å². The lowest BCUT2D eigenvalue weighted by Gasteiger charge is -2.31. The van der Waals surface area contributed by atoms with Gasteiger partial charge in [0.25, 0.3) is 0 Å². The first-order valence-corrected chi connectivity index (χ1v) is 5.75. The number of likely N-dealkylation sites (N-methyl/N-ethyl adjacent to an activating group) is 2. The van der Waals surface area contributed by atoms with Gasteiger partial charge in [0.1, 0.15) is 0 Å². The second kappa shape index (κ2) is 5.69. The van der Waals surface area contributed by atoms with E-state index in [1.54, 1.807) is 0 Å².